The minimum Gasteiger partial charge on any atom is -0.370 e. The van der Waals surface area contributed by atoms with E-state index in [2.05, 4.69) is 4.90 Å². The average Bonchev–Trinajstić information content (AvgIpc) is 2.81. The van der Waals surface area contributed by atoms with Crippen molar-refractivity contribution in [2.24, 2.45) is 0 Å². The van der Waals surface area contributed by atoms with Crippen LogP contribution in [-0.2, 0) is 9.84 Å². The first kappa shape index (κ1) is 13.7. The summed E-state index contributed by atoms with van der Waals surface area (Å²) in [6.07, 6.45) is 2.85. The standard InChI is InChI=1S/C13H18ClNO2S/c1-2-9-18(16,17)13-6-5-11(14)10-12(13)15-7-3-4-8-15/h5-6,10H,2-4,7-9H2,1H3. The predicted octanol–water partition coefficient (Wildman–Crippen LogP) is 3.12. The molecule has 1 heterocycles. The first-order valence-electron chi connectivity index (χ1n) is 6.32. The fourth-order valence-electron chi connectivity index (χ4n) is 2.34. The van der Waals surface area contributed by atoms with E-state index >= 15 is 0 Å². The average molecular weight is 288 g/mol. The van der Waals surface area contributed by atoms with E-state index in [1.807, 2.05) is 6.92 Å². The van der Waals surface area contributed by atoms with Gasteiger partial charge in [0.1, 0.15) is 0 Å². The van der Waals surface area contributed by atoms with Crippen molar-refractivity contribution in [2.45, 2.75) is 31.1 Å². The van der Waals surface area contributed by atoms with Crippen LogP contribution < -0.4 is 4.90 Å². The van der Waals surface area contributed by atoms with E-state index in [1.165, 1.54) is 0 Å². The molecule has 0 amide bonds. The van der Waals surface area contributed by atoms with E-state index in [0.29, 0.717) is 16.3 Å². The van der Waals surface area contributed by atoms with Crippen LogP contribution in [0.5, 0.6) is 0 Å². The highest BCUT2D eigenvalue weighted by Gasteiger charge is 2.23. The molecular formula is C13H18ClNO2S. The Balaban J connectivity index is 2.46. The second kappa shape index (κ2) is 5.49. The number of halogens is 1. The molecule has 0 aromatic heterocycles. The molecule has 1 saturated heterocycles. The van der Waals surface area contributed by atoms with Gasteiger partial charge in [0, 0.05) is 18.1 Å². The number of rotatable bonds is 4. The summed E-state index contributed by atoms with van der Waals surface area (Å²) in [6, 6.07) is 5.07. The summed E-state index contributed by atoms with van der Waals surface area (Å²) in [4.78, 5) is 2.55. The monoisotopic (exact) mass is 287 g/mol. The zero-order chi connectivity index (χ0) is 13.2. The summed E-state index contributed by atoms with van der Waals surface area (Å²) in [6.45, 7) is 3.70. The van der Waals surface area contributed by atoms with Crippen molar-refractivity contribution in [3.05, 3.63) is 23.2 Å². The van der Waals surface area contributed by atoms with Gasteiger partial charge in [0.25, 0.3) is 0 Å². The molecule has 0 spiro atoms. The van der Waals surface area contributed by atoms with Crippen LogP contribution in [-0.4, -0.2) is 27.3 Å². The van der Waals surface area contributed by atoms with Crippen molar-refractivity contribution < 1.29 is 8.42 Å². The lowest BCUT2D eigenvalue weighted by atomic mass is 10.3. The second-order valence-corrected chi connectivity index (χ2v) is 7.14. The van der Waals surface area contributed by atoms with E-state index in [-0.39, 0.29) is 5.75 Å². The van der Waals surface area contributed by atoms with Crippen LogP contribution in [0.2, 0.25) is 5.02 Å². The van der Waals surface area contributed by atoms with Crippen LogP contribution in [0, 0.1) is 0 Å². The van der Waals surface area contributed by atoms with Gasteiger partial charge in [-0.2, -0.15) is 0 Å². The van der Waals surface area contributed by atoms with Crippen molar-refractivity contribution in [3.63, 3.8) is 0 Å². The molecule has 0 radical (unpaired) electrons. The fraction of sp³-hybridized carbons (Fsp3) is 0.538. The van der Waals surface area contributed by atoms with Gasteiger partial charge in [-0.1, -0.05) is 18.5 Å². The van der Waals surface area contributed by atoms with Gasteiger partial charge in [-0.25, -0.2) is 8.42 Å². The van der Waals surface area contributed by atoms with Gasteiger partial charge >= 0.3 is 0 Å². The van der Waals surface area contributed by atoms with E-state index < -0.39 is 9.84 Å². The summed E-state index contributed by atoms with van der Waals surface area (Å²) < 4.78 is 24.5. The molecule has 3 nitrogen and oxygen atoms in total. The molecule has 0 atom stereocenters. The van der Waals surface area contributed by atoms with Gasteiger partial charge in [-0.15, -0.1) is 0 Å². The third-order valence-corrected chi connectivity index (χ3v) is 5.37. The topological polar surface area (TPSA) is 37.4 Å². The van der Waals surface area contributed by atoms with Gasteiger partial charge in [0.15, 0.2) is 9.84 Å². The number of hydrogen-bond acceptors (Lipinski definition) is 3. The number of hydrogen-bond donors (Lipinski definition) is 0. The zero-order valence-corrected chi connectivity index (χ0v) is 12.1. The lowest BCUT2D eigenvalue weighted by molar-refractivity contribution is 0.594. The molecule has 0 saturated carbocycles. The Morgan fingerprint density at radius 3 is 2.56 bits per heavy atom. The highest BCUT2D eigenvalue weighted by atomic mass is 35.5. The van der Waals surface area contributed by atoms with Crippen molar-refractivity contribution in [1.82, 2.24) is 0 Å². The molecule has 0 unspecified atom stereocenters. The predicted molar refractivity (Wildman–Crippen MR) is 75.2 cm³/mol. The van der Waals surface area contributed by atoms with E-state index in [9.17, 15) is 8.42 Å². The lowest BCUT2D eigenvalue weighted by Gasteiger charge is -2.21. The second-order valence-electron chi connectivity index (χ2n) is 4.63. The molecule has 1 aliphatic rings. The van der Waals surface area contributed by atoms with Crippen LogP contribution >= 0.6 is 11.6 Å². The number of benzene rings is 1. The van der Waals surface area contributed by atoms with Gasteiger partial charge in [0.2, 0.25) is 0 Å². The molecule has 5 heteroatoms. The third-order valence-electron chi connectivity index (χ3n) is 3.18. The van der Waals surface area contributed by atoms with Crippen molar-refractivity contribution in [2.75, 3.05) is 23.7 Å². The van der Waals surface area contributed by atoms with Crippen LogP contribution in [0.1, 0.15) is 26.2 Å². The molecule has 0 bridgehead atoms. The maximum absolute atomic E-state index is 12.3. The van der Waals surface area contributed by atoms with E-state index in [4.69, 9.17) is 11.6 Å². The molecule has 18 heavy (non-hydrogen) atoms. The zero-order valence-electron chi connectivity index (χ0n) is 10.5. The van der Waals surface area contributed by atoms with Crippen LogP contribution in [0.15, 0.2) is 23.1 Å². The number of sulfone groups is 1. The molecule has 0 N–H and O–H groups in total. The quantitative estimate of drug-likeness (QED) is 0.854. The Morgan fingerprint density at radius 1 is 1.28 bits per heavy atom. The molecule has 1 aliphatic heterocycles. The summed E-state index contributed by atoms with van der Waals surface area (Å²) in [7, 11) is -3.20. The Labute approximate surface area is 114 Å². The minimum absolute atomic E-state index is 0.190. The minimum atomic E-state index is -3.20. The smallest absolute Gasteiger partial charge is 0.180 e. The molecule has 1 aromatic rings. The van der Waals surface area contributed by atoms with Gasteiger partial charge in [-0.3, -0.25) is 0 Å². The maximum atomic E-state index is 12.3. The molecule has 100 valence electrons. The van der Waals surface area contributed by atoms with E-state index in [1.54, 1.807) is 18.2 Å². The Hall–Kier alpha value is -0.740. The summed E-state index contributed by atoms with van der Waals surface area (Å²) >= 11 is 6.00. The largest absolute Gasteiger partial charge is 0.370 e. The number of anilines is 1. The Bertz CT molecular complexity index is 522. The molecule has 1 aromatic carbocycles. The highest BCUT2D eigenvalue weighted by molar-refractivity contribution is 7.91. The highest BCUT2D eigenvalue weighted by Crippen LogP contribution is 2.31. The van der Waals surface area contributed by atoms with Crippen LogP contribution in [0.4, 0.5) is 5.69 Å². The van der Waals surface area contributed by atoms with Crippen molar-refractivity contribution >= 4 is 27.1 Å². The van der Waals surface area contributed by atoms with Gasteiger partial charge in [-0.05, 0) is 37.5 Å². The maximum Gasteiger partial charge on any atom is 0.180 e. The first-order chi connectivity index (χ1) is 8.54. The van der Waals surface area contributed by atoms with Crippen LogP contribution in [0.25, 0.3) is 0 Å². The van der Waals surface area contributed by atoms with Crippen molar-refractivity contribution in [3.8, 4) is 0 Å². The van der Waals surface area contributed by atoms with E-state index in [0.717, 1.165) is 31.6 Å². The third kappa shape index (κ3) is 2.81. The fourth-order valence-corrected chi connectivity index (χ4v) is 4.04. The van der Waals surface area contributed by atoms with Crippen molar-refractivity contribution in [1.29, 1.82) is 0 Å². The molecule has 2 rings (SSSR count). The SMILES string of the molecule is CCCS(=O)(=O)c1ccc(Cl)cc1N1CCCC1. The summed E-state index contributed by atoms with van der Waals surface area (Å²) in [5, 5.41) is 0.590. The lowest BCUT2D eigenvalue weighted by Crippen LogP contribution is -2.21. The van der Waals surface area contributed by atoms with Gasteiger partial charge in [0.05, 0.1) is 16.3 Å². The molecule has 0 aliphatic carbocycles. The summed E-state index contributed by atoms with van der Waals surface area (Å²) in [5.74, 6) is 0.190. The first-order valence-corrected chi connectivity index (χ1v) is 8.35. The molecule has 1 fully saturated rings. The Kier molecular flexibility index (Phi) is 4.17. The van der Waals surface area contributed by atoms with Crippen LogP contribution in [0.3, 0.4) is 0 Å². The number of nitrogens with zero attached hydrogens (tertiary/aromatic N) is 1. The normalized spacial score (nSPS) is 16.2. The molecular weight excluding hydrogens is 270 g/mol. The Morgan fingerprint density at radius 2 is 1.94 bits per heavy atom. The van der Waals surface area contributed by atoms with Gasteiger partial charge < -0.3 is 4.90 Å². The summed E-state index contributed by atoms with van der Waals surface area (Å²) in [5.41, 5.74) is 0.772.